The van der Waals surface area contributed by atoms with Crippen molar-refractivity contribution in [2.45, 2.75) is 12.7 Å². The van der Waals surface area contributed by atoms with Crippen molar-refractivity contribution in [3.63, 3.8) is 0 Å². The fourth-order valence-corrected chi connectivity index (χ4v) is 2.80. The van der Waals surface area contributed by atoms with Gasteiger partial charge in [-0.2, -0.15) is 0 Å². The van der Waals surface area contributed by atoms with Crippen LogP contribution in [0.4, 0.5) is 4.79 Å². The van der Waals surface area contributed by atoms with Crippen molar-refractivity contribution < 1.29 is 19.1 Å². The highest BCUT2D eigenvalue weighted by molar-refractivity contribution is 7.09. The van der Waals surface area contributed by atoms with Gasteiger partial charge in [0, 0.05) is 10.4 Å². The second kappa shape index (κ2) is 7.26. The summed E-state index contributed by atoms with van der Waals surface area (Å²) in [5, 5.41) is 3.16. The number of nitrogens with one attached hydrogen (secondary N) is 1. The zero-order valence-electron chi connectivity index (χ0n) is 12.3. The van der Waals surface area contributed by atoms with E-state index in [9.17, 15) is 9.59 Å². The molecule has 1 fully saturated rings. The van der Waals surface area contributed by atoms with Gasteiger partial charge in [0.1, 0.15) is 6.10 Å². The first-order valence-electron chi connectivity index (χ1n) is 7.16. The second-order valence-electron chi connectivity index (χ2n) is 5.02. The normalized spacial score (nSPS) is 17.1. The first-order chi connectivity index (χ1) is 11.2. The molecule has 1 N–H and O–H groups in total. The highest BCUT2D eigenvalue weighted by atomic mass is 32.1. The van der Waals surface area contributed by atoms with Crippen LogP contribution >= 0.6 is 11.3 Å². The summed E-state index contributed by atoms with van der Waals surface area (Å²) in [5.41, 5.74) is 3.03. The average molecular weight is 332 g/mol. The van der Waals surface area contributed by atoms with Crippen LogP contribution in [0.2, 0.25) is 0 Å². The van der Waals surface area contributed by atoms with Crippen LogP contribution in [0.25, 0.3) is 0 Å². The van der Waals surface area contributed by atoms with Gasteiger partial charge in [-0.05, 0) is 23.6 Å². The maximum atomic E-state index is 12.0. The third-order valence-corrected chi connectivity index (χ3v) is 4.12. The SMILES string of the molecule is O=C(NN1C[C@@H](COCc2cccs2)OC1=O)c1ccccc1. The number of thiophene rings is 1. The summed E-state index contributed by atoms with van der Waals surface area (Å²) >= 11 is 1.61. The van der Waals surface area contributed by atoms with Gasteiger partial charge in [-0.15, -0.1) is 11.3 Å². The van der Waals surface area contributed by atoms with Crippen molar-refractivity contribution in [1.82, 2.24) is 10.4 Å². The summed E-state index contributed by atoms with van der Waals surface area (Å²) in [7, 11) is 0. The largest absolute Gasteiger partial charge is 0.440 e. The van der Waals surface area contributed by atoms with Gasteiger partial charge < -0.3 is 9.47 Å². The molecule has 1 aliphatic rings. The van der Waals surface area contributed by atoms with Gasteiger partial charge in [-0.25, -0.2) is 9.80 Å². The van der Waals surface area contributed by atoms with Gasteiger partial charge in [0.15, 0.2) is 0 Å². The van der Waals surface area contributed by atoms with Gasteiger partial charge in [0.25, 0.3) is 5.91 Å². The number of ether oxygens (including phenoxy) is 2. The number of rotatable bonds is 6. The van der Waals surface area contributed by atoms with E-state index in [1.54, 1.807) is 35.6 Å². The van der Waals surface area contributed by atoms with E-state index in [0.717, 1.165) is 4.88 Å². The topological polar surface area (TPSA) is 67.9 Å². The van der Waals surface area contributed by atoms with Crippen LogP contribution in [-0.2, 0) is 16.1 Å². The number of amides is 2. The maximum absolute atomic E-state index is 12.0. The molecule has 6 nitrogen and oxygen atoms in total. The third kappa shape index (κ3) is 4.08. The van der Waals surface area contributed by atoms with Crippen molar-refractivity contribution in [3.05, 3.63) is 58.3 Å². The molecule has 0 radical (unpaired) electrons. The van der Waals surface area contributed by atoms with Crippen LogP contribution in [0.15, 0.2) is 47.8 Å². The summed E-state index contributed by atoms with van der Waals surface area (Å²) in [5.74, 6) is -0.345. The molecule has 1 saturated heterocycles. The number of hydrogen-bond acceptors (Lipinski definition) is 5. The molecular formula is C16H16N2O4S. The molecule has 23 heavy (non-hydrogen) atoms. The van der Waals surface area contributed by atoms with E-state index in [2.05, 4.69) is 5.43 Å². The zero-order valence-corrected chi connectivity index (χ0v) is 13.1. The fourth-order valence-electron chi connectivity index (χ4n) is 2.16. The van der Waals surface area contributed by atoms with Crippen LogP contribution in [0.3, 0.4) is 0 Å². The maximum Gasteiger partial charge on any atom is 0.429 e. The minimum atomic E-state index is -0.570. The number of nitrogens with zero attached hydrogens (tertiary/aromatic N) is 1. The zero-order chi connectivity index (χ0) is 16.1. The van der Waals surface area contributed by atoms with Crippen LogP contribution in [0.5, 0.6) is 0 Å². The minimum absolute atomic E-state index is 0.266. The van der Waals surface area contributed by atoms with Crippen LogP contribution in [-0.4, -0.2) is 36.3 Å². The smallest absolute Gasteiger partial charge is 0.429 e. The molecule has 0 spiro atoms. The predicted molar refractivity (Wildman–Crippen MR) is 84.9 cm³/mol. The van der Waals surface area contributed by atoms with E-state index in [-0.39, 0.29) is 12.5 Å². The summed E-state index contributed by atoms with van der Waals surface area (Å²) < 4.78 is 10.7. The Kier molecular flexibility index (Phi) is 4.89. The number of carbonyl (C=O) groups is 2. The molecule has 0 unspecified atom stereocenters. The number of hydrogen-bond donors (Lipinski definition) is 1. The molecule has 1 aromatic heterocycles. The number of benzene rings is 1. The second-order valence-corrected chi connectivity index (χ2v) is 6.05. The quantitative estimate of drug-likeness (QED) is 0.882. The number of hydrazine groups is 1. The highest BCUT2D eigenvalue weighted by Gasteiger charge is 2.32. The van der Waals surface area contributed by atoms with Crippen molar-refractivity contribution in [2.75, 3.05) is 13.2 Å². The van der Waals surface area contributed by atoms with E-state index in [0.29, 0.717) is 18.8 Å². The molecule has 2 aromatic rings. The van der Waals surface area contributed by atoms with E-state index in [4.69, 9.17) is 9.47 Å². The molecular weight excluding hydrogens is 316 g/mol. The van der Waals surface area contributed by atoms with Crippen molar-refractivity contribution in [3.8, 4) is 0 Å². The summed E-state index contributed by atoms with van der Waals surface area (Å²) in [4.78, 5) is 24.9. The van der Waals surface area contributed by atoms with Crippen molar-refractivity contribution in [1.29, 1.82) is 0 Å². The van der Waals surface area contributed by atoms with E-state index >= 15 is 0 Å². The van der Waals surface area contributed by atoms with E-state index < -0.39 is 12.2 Å². The first-order valence-corrected chi connectivity index (χ1v) is 8.04. The Hall–Kier alpha value is -2.38. The van der Waals surface area contributed by atoms with Crippen molar-refractivity contribution in [2.24, 2.45) is 0 Å². The van der Waals surface area contributed by atoms with Crippen molar-refractivity contribution >= 4 is 23.3 Å². The average Bonchev–Trinajstić information content (AvgIpc) is 3.19. The number of cyclic esters (lactones) is 1. The molecule has 1 aromatic carbocycles. The highest BCUT2D eigenvalue weighted by Crippen LogP contribution is 2.13. The van der Waals surface area contributed by atoms with Gasteiger partial charge in [0.2, 0.25) is 0 Å². The third-order valence-electron chi connectivity index (χ3n) is 3.27. The van der Waals surface area contributed by atoms with E-state index in [1.165, 1.54) is 5.01 Å². The van der Waals surface area contributed by atoms with Gasteiger partial charge in [-0.1, -0.05) is 24.3 Å². The Labute approximate surface area is 137 Å². The minimum Gasteiger partial charge on any atom is -0.440 e. The predicted octanol–water partition coefficient (Wildman–Crippen LogP) is 2.43. The van der Waals surface area contributed by atoms with Gasteiger partial charge >= 0.3 is 6.09 Å². The van der Waals surface area contributed by atoms with Crippen LogP contribution in [0.1, 0.15) is 15.2 Å². The first kappa shape index (κ1) is 15.5. The molecule has 3 rings (SSSR count). The fraction of sp³-hybridized carbons (Fsp3) is 0.250. The molecule has 2 heterocycles. The van der Waals surface area contributed by atoms with Crippen LogP contribution in [0, 0.1) is 0 Å². The van der Waals surface area contributed by atoms with Gasteiger partial charge in [-0.3, -0.25) is 10.2 Å². The van der Waals surface area contributed by atoms with Crippen LogP contribution < -0.4 is 5.43 Å². The summed E-state index contributed by atoms with van der Waals surface area (Å²) in [6.45, 7) is 1.05. The number of carbonyl (C=O) groups excluding carboxylic acids is 2. The molecule has 1 aliphatic heterocycles. The standard InChI is InChI=1S/C16H16N2O4S/c19-15(12-5-2-1-3-6-12)17-18-9-13(22-16(18)20)10-21-11-14-7-4-8-23-14/h1-8,13H,9-11H2,(H,17,19)/t13-/m0/s1. The molecule has 0 aliphatic carbocycles. The monoisotopic (exact) mass is 332 g/mol. The summed E-state index contributed by atoms with van der Waals surface area (Å²) in [6.07, 6.45) is -0.961. The summed E-state index contributed by atoms with van der Waals surface area (Å²) in [6, 6.07) is 12.6. The van der Waals surface area contributed by atoms with Gasteiger partial charge in [0.05, 0.1) is 19.8 Å². The Balaban J connectivity index is 1.46. The molecule has 0 saturated carbocycles. The Morgan fingerprint density at radius 1 is 1.30 bits per heavy atom. The Morgan fingerprint density at radius 2 is 2.13 bits per heavy atom. The lowest BCUT2D eigenvalue weighted by atomic mass is 10.2. The molecule has 120 valence electrons. The molecule has 2 amide bonds. The molecule has 7 heteroatoms. The lowest BCUT2D eigenvalue weighted by Gasteiger charge is -2.14. The lowest BCUT2D eigenvalue weighted by Crippen LogP contribution is -2.43. The lowest BCUT2D eigenvalue weighted by molar-refractivity contribution is 0.0391. The van der Waals surface area contributed by atoms with E-state index in [1.807, 2.05) is 23.6 Å². The Bertz CT molecular complexity index is 660. The molecule has 0 bridgehead atoms. The molecule has 1 atom stereocenters. The Morgan fingerprint density at radius 3 is 2.87 bits per heavy atom.